The summed E-state index contributed by atoms with van der Waals surface area (Å²) in [6, 6.07) is 4.90. The molecule has 0 fully saturated rings. The molecule has 0 radical (unpaired) electrons. The topological polar surface area (TPSA) is 80.4 Å². The van der Waals surface area contributed by atoms with Crippen molar-refractivity contribution >= 4 is 11.8 Å². The molecule has 5 heteroatoms. The van der Waals surface area contributed by atoms with Gasteiger partial charge < -0.3 is 10.8 Å². The Balaban J connectivity index is 2.72. The number of ketones is 1. The first-order valence-corrected chi connectivity index (χ1v) is 5.65. The SMILES string of the molecule is C[C@H](N)C(=O)CC(Cc1ccc(F)cc1)C(=O)O. The van der Waals surface area contributed by atoms with Gasteiger partial charge in [0, 0.05) is 6.42 Å². The van der Waals surface area contributed by atoms with Crippen LogP contribution in [-0.4, -0.2) is 22.9 Å². The molecule has 1 aromatic rings. The van der Waals surface area contributed by atoms with E-state index in [0.29, 0.717) is 5.56 Å². The molecule has 0 spiro atoms. The minimum absolute atomic E-state index is 0.107. The molecule has 18 heavy (non-hydrogen) atoms. The second kappa shape index (κ2) is 6.26. The third kappa shape index (κ3) is 4.25. The van der Waals surface area contributed by atoms with Crippen molar-refractivity contribution in [3.63, 3.8) is 0 Å². The number of benzene rings is 1. The van der Waals surface area contributed by atoms with E-state index in [0.717, 1.165) is 0 Å². The molecule has 0 heterocycles. The van der Waals surface area contributed by atoms with Gasteiger partial charge >= 0.3 is 5.97 Å². The van der Waals surface area contributed by atoms with Crippen LogP contribution in [0.1, 0.15) is 18.9 Å². The molecule has 0 aliphatic rings. The number of carboxylic acids is 1. The highest BCUT2D eigenvalue weighted by Crippen LogP contribution is 2.14. The highest BCUT2D eigenvalue weighted by Gasteiger charge is 2.23. The molecule has 1 aromatic carbocycles. The minimum Gasteiger partial charge on any atom is -0.481 e. The third-order valence-electron chi connectivity index (χ3n) is 2.70. The Bertz CT molecular complexity index is 428. The first-order valence-electron chi connectivity index (χ1n) is 5.65. The maximum absolute atomic E-state index is 12.7. The van der Waals surface area contributed by atoms with Gasteiger partial charge in [-0.3, -0.25) is 9.59 Å². The molecule has 2 atom stereocenters. The van der Waals surface area contributed by atoms with Gasteiger partial charge in [-0.2, -0.15) is 0 Å². The van der Waals surface area contributed by atoms with E-state index >= 15 is 0 Å². The largest absolute Gasteiger partial charge is 0.481 e. The molecule has 0 aliphatic carbocycles. The molecular weight excluding hydrogens is 237 g/mol. The second-order valence-electron chi connectivity index (χ2n) is 4.32. The van der Waals surface area contributed by atoms with Gasteiger partial charge in [0.1, 0.15) is 11.6 Å². The number of aliphatic carboxylic acids is 1. The standard InChI is InChI=1S/C13H16FNO3/c1-8(15)12(16)7-10(13(17)18)6-9-2-4-11(14)5-3-9/h2-5,8,10H,6-7,15H2,1H3,(H,17,18)/t8-,10?/m0/s1. The second-order valence-corrected chi connectivity index (χ2v) is 4.32. The fraction of sp³-hybridized carbons (Fsp3) is 0.385. The van der Waals surface area contributed by atoms with Gasteiger partial charge in [0.2, 0.25) is 0 Å². The number of hydrogen-bond donors (Lipinski definition) is 2. The van der Waals surface area contributed by atoms with Crippen molar-refractivity contribution in [3.05, 3.63) is 35.6 Å². The van der Waals surface area contributed by atoms with Crippen LogP contribution in [0.15, 0.2) is 24.3 Å². The summed E-state index contributed by atoms with van der Waals surface area (Å²) in [4.78, 5) is 22.5. The van der Waals surface area contributed by atoms with Crippen LogP contribution in [0.25, 0.3) is 0 Å². The maximum atomic E-state index is 12.7. The quantitative estimate of drug-likeness (QED) is 0.802. The van der Waals surface area contributed by atoms with Crippen LogP contribution in [0.4, 0.5) is 4.39 Å². The van der Waals surface area contributed by atoms with Crippen molar-refractivity contribution in [2.45, 2.75) is 25.8 Å². The van der Waals surface area contributed by atoms with E-state index in [2.05, 4.69) is 0 Å². The van der Waals surface area contributed by atoms with Crippen LogP contribution in [0.5, 0.6) is 0 Å². The Hall–Kier alpha value is -1.75. The predicted molar refractivity (Wildman–Crippen MR) is 64.5 cm³/mol. The van der Waals surface area contributed by atoms with Gasteiger partial charge in [-0.05, 0) is 31.0 Å². The van der Waals surface area contributed by atoms with E-state index in [4.69, 9.17) is 10.8 Å². The number of nitrogens with two attached hydrogens (primary N) is 1. The molecule has 98 valence electrons. The number of halogens is 1. The Morgan fingerprint density at radius 3 is 2.33 bits per heavy atom. The highest BCUT2D eigenvalue weighted by molar-refractivity contribution is 5.87. The molecule has 1 unspecified atom stereocenters. The van der Waals surface area contributed by atoms with Crippen molar-refractivity contribution in [2.24, 2.45) is 11.7 Å². The Kier molecular flexibility index (Phi) is 4.97. The lowest BCUT2D eigenvalue weighted by molar-refractivity contribution is -0.143. The van der Waals surface area contributed by atoms with Crippen LogP contribution in [0, 0.1) is 11.7 Å². The summed E-state index contributed by atoms with van der Waals surface area (Å²) in [5.41, 5.74) is 6.09. The van der Waals surface area contributed by atoms with Gasteiger partial charge in [-0.25, -0.2) is 4.39 Å². The zero-order chi connectivity index (χ0) is 13.7. The van der Waals surface area contributed by atoms with Crippen LogP contribution in [0.2, 0.25) is 0 Å². The van der Waals surface area contributed by atoms with Gasteiger partial charge in [-0.1, -0.05) is 12.1 Å². The zero-order valence-corrected chi connectivity index (χ0v) is 10.1. The van der Waals surface area contributed by atoms with Crippen molar-refractivity contribution < 1.29 is 19.1 Å². The monoisotopic (exact) mass is 253 g/mol. The number of hydrogen-bond acceptors (Lipinski definition) is 3. The van der Waals surface area contributed by atoms with Gasteiger partial charge in [-0.15, -0.1) is 0 Å². The van der Waals surface area contributed by atoms with E-state index in [1.165, 1.54) is 31.2 Å². The molecule has 0 aromatic heterocycles. The third-order valence-corrected chi connectivity index (χ3v) is 2.70. The predicted octanol–water partition coefficient (Wildman–Crippen LogP) is 1.38. The van der Waals surface area contributed by atoms with E-state index < -0.39 is 17.9 Å². The molecule has 1 rings (SSSR count). The van der Waals surface area contributed by atoms with Crippen LogP contribution >= 0.6 is 0 Å². The minimum atomic E-state index is -1.05. The van der Waals surface area contributed by atoms with Crippen molar-refractivity contribution in [3.8, 4) is 0 Å². The Morgan fingerprint density at radius 2 is 1.89 bits per heavy atom. The molecule has 0 saturated heterocycles. The molecule has 4 nitrogen and oxygen atoms in total. The number of rotatable bonds is 6. The molecule has 0 amide bonds. The lowest BCUT2D eigenvalue weighted by Gasteiger charge is -2.13. The highest BCUT2D eigenvalue weighted by atomic mass is 19.1. The Labute approximate surface area is 105 Å². The van der Waals surface area contributed by atoms with Crippen molar-refractivity contribution in [1.29, 1.82) is 0 Å². The lowest BCUT2D eigenvalue weighted by Crippen LogP contribution is -2.31. The van der Waals surface area contributed by atoms with E-state index in [1.54, 1.807) is 0 Å². The smallest absolute Gasteiger partial charge is 0.307 e. The summed E-state index contributed by atoms with van der Waals surface area (Å²) >= 11 is 0. The van der Waals surface area contributed by atoms with Crippen molar-refractivity contribution in [1.82, 2.24) is 0 Å². The summed E-state index contributed by atoms with van der Waals surface area (Å²) in [7, 11) is 0. The summed E-state index contributed by atoms with van der Waals surface area (Å²) < 4.78 is 12.7. The van der Waals surface area contributed by atoms with Crippen LogP contribution < -0.4 is 5.73 Å². The van der Waals surface area contributed by atoms with E-state index in [-0.39, 0.29) is 24.4 Å². The van der Waals surface area contributed by atoms with E-state index in [9.17, 15) is 14.0 Å². The number of carboxylic acid groups (broad SMARTS) is 1. The number of Topliss-reactive ketones (excluding diaryl/α,β-unsaturated/α-hetero) is 1. The van der Waals surface area contributed by atoms with Gasteiger partial charge in [0.25, 0.3) is 0 Å². The average molecular weight is 253 g/mol. The average Bonchev–Trinajstić information content (AvgIpc) is 2.30. The maximum Gasteiger partial charge on any atom is 0.307 e. The summed E-state index contributed by atoms with van der Waals surface area (Å²) in [5.74, 6) is -2.54. The summed E-state index contributed by atoms with van der Waals surface area (Å²) in [6.45, 7) is 1.53. The first kappa shape index (κ1) is 14.3. The summed E-state index contributed by atoms with van der Waals surface area (Å²) in [6.07, 6.45) is 0.0818. The molecule has 0 bridgehead atoms. The summed E-state index contributed by atoms with van der Waals surface area (Å²) in [5, 5.41) is 9.05. The molecule has 0 saturated carbocycles. The zero-order valence-electron chi connectivity index (χ0n) is 10.1. The van der Waals surface area contributed by atoms with Crippen LogP contribution in [-0.2, 0) is 16.0 Å². The van der Waals surface area contributed by atoms with Crippen LogP contribution in [0.3, 0.4) is 0 Å². The van der Waals surface area contributed by atoms with Gasteiger partial charge in [0.05, 0.1) is 12.0 Å². The number of carbonyl (C=O) groups excluding carboxylic acids is 1. The fourth-order valence-corrected chi connectivity index (χ4v) is 1.58. The molecular formula is C13H16FNO3. The molecule has 0 aliphatic heterocycles. The van der Waals surface area contributed by atoms with Gasteiger partial charge in [0.15, 0.2) is 0 Å². The fourth-order valence-electron chi connectivity index (χ4n) is 1.58. The number of carbonyl (C=O) groups is 2. The van der Waals surface area contributed by atoms with Crippen molar-refractivity contribution in [2.75, 3.05) is 0 Å². The normalized spacial score (nSPS) is 13.9. The van der Waals surface area contributed by atoms with E-state index in [1.807, 2.05) is 0 Å². The Morgan fingerprint density at radius 1 is 1.33 bits per heavy atom. The first-order chi connectivity index (χ1) is 8.40. The lowest BCUT2D eigenvalue weighted by atomic mass is 9.93. The molecule has 3 N–H and O–H groups in total.